The molecule has 22 heavy (non-hydrogen) atoms. The van der Waals surface area contributed by atoms with Crippen LogP contribution in [0.4, 0.5) is 18.9 Å². The Bertz CT molecular complexity index is 708. The van der Waals surface area contributed by atoms with E-state index >= 15 is 0 Å². The van der Waals surface area contributed by atoms with E-state index in [-0.39, 0.29) is 5.69 Å². The molecule has 0 unspecified atom stereocenters. The molecule has 0 saturated carbocycles. The van der Waals surface area contributed by atoms with Crippen molar-refractivity contribution < 1.29 is 27.5 Å². The molecule has 0 saturated heterocycles. The van der Waals surface area contributed by atoms with E-state index in [2.05, 4.69) is 9.72 Å². The number of pyridine rings is 1. The molecule has 1 N–H and O–H groups in total. The smallest absolute Gasteiger partial charge is 0.357 e. The van der Waals surface area contributed by atoms with Crippen molar-refractivity contribution in [2.45, 2.75) is 0 Å². The number of amides is 1. The van der Waals surface area contributed by atoms with Gasteiger partial charge in [0.1, 0.15) is 5.69 Å². The van der Waals surface area contributed by atoms with E-state index < -0.39 is 41.6 Å². The third-order valence-electron chi connectivity index (χ3n) is 2.52. The van der Waals surface area contributed by atoms with Crippen molar-refractivity contribution in [2.24, 2.45) is 0 Å². The second-order valence-electron chi connectivity index (χ2n) is 4.06. The first-order valence-corrected chi connectivity index (χ1v) is 6.00. The van der Waals surface area contributed by atoms with Gasteiger partial charge in [0.2, 0.25) is 0 Å². The zero-order valence-corrected chi connectivity index (χ0v) is 11.0. The Labute approximate surface area is 122 Å². The number of nitrogens with zero attached hydrogens (tertiary/aromatic N) is 1. The molecule has 0 radical (unpaired) electrons. The van der Waals surface area contributed by atoms with Crippen LogP contribution in [0.15, 0.2) is 36.5 Å². The number of benzene rings is 1. The molecule has 1 amide bonds. The van der Waals surface area contributed by atoms with Crippen LogP contribution in [0.1, 0.15) is 10.5 Å². The standard InChI is InChI=1S/C14H9F3N2O3/c15-8-4-5-9(13(17)12(8)16)19-11(20)7-22-14(21)10-3-1-2-6-18-10/h1-6H,7H2,(H,19,20). The molecule has 0 aliphatic carbocycles. The second-order valence-corrected chi connectivity index (χ2v) is 4.06. The first-order valence-electron chi connectivity index (χ1n) is 6.00. The van der Waals surface area contributed by atoms with Gasteiger partial charge in [-0.15, -0.1) is 0 Å². The summed E-state index contributed by atoms with van der Waals surface area (Å²) in [4.78, 5) is 26.7. The van der Waals surface area contributed by atoms with Gasteiger partial charge in [0.25, 0.3) is 5.91 Å². The van der Waals surface area contributed by atoms with E-state index in [1.165, 1.54) is 12.3 Å². The number of rotatable bonds is 4. The summed E-state index contributed by atoms with van der Waals surface area (Å²) in [6.45, 7) is -0.728. The van der Waals surface area contributed by atoms with Gasteiger partial charge in [-0.25, -0.2) is 22.9 Å². The Hall–Kier alpha value is -2.90. The summed E-state index contributed by atoms with van der Waals surface area (Å²) < 4.78 is 43.7. The number of esters is 1. The highest BCUT2D eigenvalue weighted by Gasteiger charge is 2.16. The summed E-state index contributed by atoms with van der Waals surface area (Å²) in [6.07, 6.45) is 1.37. The lowest BCUT2D eigenvalue weighted by atomic mass is 10.3. The van der Waals surface area contributed by atoms with E-state index in [0.29, 0.717) is 6.07 Å². The van der Waals surface area contributed by atoms with E-state index in [4.69, 9.17) is 0 Å². The SMILES string of the molecule is O=C(COC(=O)c1ccccn1)Nc1ccc(F)c(F)c1F. The second kappa shape index (κ2) is 6.70. The minimum Gasteiger partial charge on any atom is -0.451 e. The van der Waals surface area contributed by atoms with E-state index in [1.54, 1.807) is 12.1 Å². The number of carbonyl (C=O) groups is 2. The van der Waals surface area contributed by atoms with Gasteiger partial charge in [0, 0.05) is 6.20 Å². The predicted molar refractivity (Wildman–Crippen MR) is 69.5 cm³/mol. The van der Waals surface area contributed by atoms with Gasteiger partial charge in [-0.05, 0) is 24.3 Å². The number of nitrogens with one attached hydrogen (secondary N) is 1. The molecule has 0 aliphatic heterocycles. The highest BCUT2D eigenvalue weighted by Crippen LogP contribution is 2.19. The van der Waals surface area contributed by atoms with Crippen LogP contribution in [-0.2, 0) is 9.53 Å². The van der Waals surface area contributed by atoms with Crippen LogP contribution >= 0.6 is 0 Å². The minimum atomic E-state index is -1.71. The third-order valence-corrected chi connectivity index (χ3v) is 2.52. The number of halogens is 3. The monoisotopic (exact) mass is 310 g/mol. The fourth-order valence-electron chi connectivity index (χ4n) is 1.50. The highest BCUT2D eigenvalue weighted by atomic mass is 19.2. The number of ether oxygens (including phenoxy) is 1. The lowest BCUT2D eigenvalue weighted by Gasteiger charge is -2.08. The molecule has 0 atom stereocenters. The minimum absolute atomic E-state index is 0.00527. The fraction of sp³-hybridized carbons (Fsp3) is 0.0714. The molecule has 2 aromatic rings. The fourth-order valence-corrected chi connectivity index (χ4v) is 1.50. The van der Waals surface area contributed by atoms with Gasteiger partial charge < -0.3 is 10.1 Å². The maximum Gasteiger partial charge on any atom is 0.357 e. The maximum absolute atomic E-state index is 13.3. The van der Waals surface area contributed by atoms with Crippen LogP contribution < -0.4 is 5.32 Å². The van der Waals surface area contributed by atoms with Crippen molar-refractivity contribution in [3.8, 4) is 0 Å². The molecular weight excluding hydrogens is 301 g/mol. The quantitative estimate of drug-likeness (QED) is 0.695. The number of anilines is 1. The summed E-state index contributed by atoms with van der Waals surface area (Å²) in [6, 6.07) is 6.05. The normalized spacial score (nSPS) is 10.1. The summed E-state index contributed by atoms with van der Waals surface area (Å²) in [5, 5.41) is 1.97. The highest BCUT2D eigenvalue weighted by molar-refractivity contribution is 5.94. The zero-order valence-electron chi connectivity index (χ0n) is 11.0. The Kier molecular flexibility index (Phi) is 4.72. The Morgan fingerprint density at radius 3 is 2.55 bits per heavy atom. The molecule has 8 heteroatoms. The molecule has 5 nitrogen and oxygen atoms in total. The van der Waals surface area contributed by atoms with E-state index in [1.807, 2.05) is 5.32 Å². The molecule has 0 aliphatic rings. The van der Waals surface area contributed by atoms with E-state index in [9.17, 15) is 22.8 Å². The Morgan fingerprint density at radius 1 is 1.09 bits per heavy atom. The van der Waals surface area contributed by atoms with Gasteiger partial charge >= 0.3 is 5.97 Å². The van der Waals surface area contributed by atoms with Crippen LogP contribution in [0, 0.1) is 17.5 Å². The van der Waals surface area contributed by atoms with Crippen molar-refractivity contribution in [3.63, 3.8) is 0 Å². The van der Waals surface area contributed by atoms with Gasteiger partial charge in [-0.2, -0.15) is 0 Å². The maximum atomic E-state index is 13.3. The molecule has 0 spiro atoms. The van der Waals surface area contributed by atoms with Crippen molar-refractivity contribution >= 4 is 17.6 Å². The summed E-state index contributed by atoms with van der Waals surface area (Å²) in [7, 11) is 0. The van der Waals surface area contributed by atoms with Gasteiger partial charge in [-0.1, -0.05) is 6.07 Å². The zero-order chi connectivity index (χ0) is 16.1. The molecule has 2 rings (SSSR count). The summed E-state index contributed by atoms with van der Waals surface area (Å²) in [5.74, 6) is -6.37. The van der Waals surface area contributed by atoms with E-state index in [0.717, 1.165) is 6.07 Å². The lowest BCUT2D eigenvalue weighted by Crippen LogP contribution is -2.22. The molecule has 114 valence electrons. The van der Waals surface area contributed by atoms with Crippen LogP contribution in [-0.4, -0.2) is 23.5 Å². The number of hydrogen-bond donors (Lipinski definition) is 1. The van der Waals surface area contributed by atoms with Gasteiger partial charge in [0.05, 0.1) is 5.69 Å². The first kappa shape index (κ1) is 15.5. The van der Waals surface area contributed by atoms with Gasteiger partial charge in [-0.3, -0.25) is 4.79 Å². The molecular formula is C14H9F3N2O3. The van der Waals surface area contributed by atoms with Crippen LogP contribution in [0.25, 0.3) is 0 Å². The lowest BCUT2D eigenvalue weighted by molar-refractivity contribution is -0.119. The summed E-state index contributed by atoms with van der Waals surface area (Å²) in [5.41, 5.74) is -0.563. The van der Waals surface area contributed by atoms with Crippen LogP contribution in [0.5, 0.6) is 0 Å². The van der Waals surface area contributed by atoms with Crippen molar-refractivity contribution in [2.75, 3.05) is 11.9 Å². The molecule has 0 bridgehead atoms. The van der Waals surface area contributed by atoms with Crippen molar-refractivity contribution in [1.29, 1.82) is 0 Å². The molecule has 0 fully saturated rings. The average molecular weight is 310 g/mol. The predicted octanol–water partition coefficient (Wildman–Crippen LogP) is 2.29. The number of hydrogen-bond acceptors (Lipinski definition) is 4. The third kappa shape index (κ3) is 3.60. The topological polar surface area (TPSA) is 68.3 Å². The van der Waals surface area contributed by atoms with Crippen molar-refractivity contribution in [3.05, 3.63) is 59.7 Å². The first-order chi connectivity index (χ1) is 10.5. The van der Waals surface area contributed by atoms with Crippen LogP contribution in [0.3, 0.4) is 0 Å². The molecule has 1 aromatic carbocycles. The average Bonchev–Trinajstić information content (AvgIpc) is 2.54. The van der Waals surface area contributed by atoms with Crippen molar-refractivity contribution in [1.82, 2.24) is 4.98 Å². The molecule has 1 aromatic heterocycles. The largest absolute Gasteiger partial charge is 0.451 e. The Morgan fingerprint density at radius 2 is 1.86 bits per heavy atom. The summed E-state index contributed by atoms with van der Waals surface area (Å²) >= 11 is 0. The Balaban J connectivity index is 1.94. The number of aromatic nitrogens is 1. The van der Waals surface area contributed by atoms with Crippen LogP contribution in [0.2, 0.25) is 0 Å². The molecule has 1 heterocycles. The van der Waals surface area contributed by atoms with Gasteiger partial charge in [0.15, 0.2) is 24.1 Å². The number of carbonyl (C=O) groups excluding carboxylic acids is 2.